The first-order chi connectivity index (χ1) is 22.1. The van der Waals surface area contributed by atoms with Crippen molar-refractivity contribution in [3.63, 3.8) is 0 Å². The van der Waals surface area contributed by atoms with Gasteiger partial charge in [0.15, 0.2) is 0 Å². The van der Waals surface area contributed by atoms with Gasteiger partial charge in [-0.2, -0.15) is 21.0 Å². The molecule has 0 saturated carbocycles. The number of hydrogen-bond acceptors (Lipinski definition) is 4. The fourth-order valence-electron chi connectivity index (χ4n) is 6.03. The van der Waals surface area contributed by atoms with Crippen molar-refractivity contribution in [1.82, 2.24) is 4.57 Å². The highest BCUT2D eigenvalue weighted by Gasteiger charge is 2.18. The van der Waals surface area contributed by atoms with Gasteiger partial charge in [0.1, 0.15) is 6.07 Å². The average molecular weight is 572 g/mol. The number of hydrogen-bond donors (Lipinski definition) is 0. The molecule has 0 radical (unpaired) electrons. The fraction of sp³-hybridized carbons (Fsp3) is 0. The number of aromatic nitrogens is 1. The van der Waals surface area contributed by atoms with Gasteiger partial charge in [-0.25, -0.2) is 0 Å². The summed E-state index contributed by atoms with van der Waals surface area (Å²) in [4.78, 5) is 0. The Hall–Kier alpha value is -6.92. The molecular weight excluding hydrogens is 550 g/mol. The highest BCUT2D eigenvalue weighted by molar-refractivity contribution is 6.10. The minimum Gasteiger partial charge on any atom is -0.309 e. The molecule has 0 unspecified atom stereocenters. The van der Waals surface area contributed by atoms with Crippen LogP contribution in [0.1, 0.15) is 22.3 Å². The van der Waals surface area contributed by atoms with E-state index in [0.29, 0.717) is 22.3 Å². The summed E-state index contributed by atoms with van der Waals surface area (Å²) in [7, 11) is 0. The van der Waals surface area contributed by atoms with E-state index < -0.39 is 0 Å². The zero-order valence-electron chi connectivity index (χ0n) is 23.9. The van der Waals surface area contributed by atoms with Gasteiger partial charge in [-0.1, -0.05) is 60.7 Å². The summed E-state index contributed by atoms with van der Waals surface area (Å²) in [5.74, 6) is 0. The molecule has 5 nitrogen and oxygen atoms in total. The second kappa shape index (κ2) is 11.1. The fourth-order valence-corrected chi connectivity index (χ4v) is 6.03. The third-order valence-corrected chi connectivity index (χ3v) is 8.08. The third kappa shape index (κ3) is 4.65. The van der Waals surface area contributed by atoms with Crippen LogP contribution in [0.5, 0.6) is 0 Å². The molecule has 6 aromatic carbocycles. The van der Waals surface area contributed by atoms with E-state index in [-0.39, 0.29) is 0 Å². The predicted molar refractivity (Wildman–Crippen MR) is 176 cm³/mol. The van der Waals surface area contributed by atoms with Crippen molar-refractivity contribution in [2.24, 2.45) is 0 Å². The van der Waals surface area contributed by atoms with Crippen LogP contribution in [0.15, 0.2) is 127 Å². The minimum absolute atomic E-state index is 0.478. The third-order valence-electron chi connectivity index (χ3n) is 8.08. The van der Waals surface area contributed by atoms with Crippen molar-refractivity contribution < 1.29 is 0 Å². The smallest absolute Gasteiger partial charge is 0.100 e. The maximum absolute atomic E-state index is 10.4. The number of fused-ring (bicyclic) bond motifs is 3. The summed E-state index contributed by atoms with van der Waals surface area (Å²) in [5.41, 5.74) is 9.74. The van der Waals surface area contributed by atoms with Gasteiger partial charge in [0.25, 0.3) is 0 Å². The molecule has 1 aromatic heterocycles. The number of benzene rings is 6. The Morgan fingerprint density at radius 1 is 0.400 bits per heavy atom. The predicted octanol–water partition coefficient (Wildman–Crippen LogP) is 9.27. The Morgan fingerprint density at radius 2 is 0.889 bits per heavy atom. The SMILES string of the molecule is N#Cc1cc(-c2cc(-c3ccccc3)c(C#N)c(-c3ccccc3)c2)cc(-n2c3ccc(C#N)cc3c3cc(C#N)ccc32)c1. The largest absolute Gasteiger partial charge is 0.309 e. The number of nitriles is 4. The summed E-state index contributed by atoms with van der Waals surface area (Å²) < 4.78 is 2.07. The zero-order valence-corrected chi connectivity index (χ0v) is 23.9. The van der Waals surface area contributed by atoms with Gasteiger partial charge in [-0.3, -0.25) is 0 Å². The molecule has 0 saturated heterocycles. The van der Waals surface area contributed by atoms with Crippen LogP contribution in [0.2, 0.25) is 0 Å². The first-order valence-electron chi connectivity index (χ1n) is 14.2. The van der Waals surface area contributed by atoms with E-state index in [9.17, 15) is 21.0 Å². The van der Waals surface area contributed by atoms with Crippen LogP contribution in [0.4, 0.5) is 0 Å². The average Bonchev–Trinajstić information content (AvgIpc) is 3.44. The van der Waals surface area contributed by atoms with Crippen LogP contribution in [0, 0.1) is 45.3 Å². The molecule has 0 aliphatic heterocycles. The summed E-state index contributed by atoms with van der Waals surface area (Å²) in [6.07, 6.45) is 0. The molecular formula is C40H21N5. The molecule has 0 bridgehead atoms. The van der Waals surface area contributed by atoms with Crippen LogP contribution >= 0.6 is 0 Å². The van der Waals surface area contributed by atoms with Crippen LogP contribution in [-0.4, -0.2) is 4.57 Å². The second-order valence-electron chi connectivity index (χ2n) is 10.7. The van der Waals surface area contributed by atoms with Crippen molar-refractivity contribution >= 4 is 21.8 Å². The van der Waals surface area contributed by atoms with Crippen molar-refractivity contribution in [3.05, 3.63) is 150 Å². The summed E-state index contributed by atoms with van der Waals surface area (Å²) in [6, 6.07) is 49.7. The van der Waals surface area contributed by atoms with Gasteiger partial charge >= 0.3 is 0 Å². The summed E-state index contributed by atoms with van der Waals surface area (Å²) in [5, 5.41) is 41.4. The molecule has 0 spiro atoms. The van der Waals surface area contributed by atoms with Gasteiger partial charge in [-0.15, -0.1) is 0 Å². The van der Waals surface area contributed by atoms with Gasteiger partial charge in [0.05, 0.1) is 51.5 Å². The van der Waals surface area contributed by atoms with E-state index in [1.54, 1.807) is 12.1 Å². The van der Waals surface area contributed by atoms with E-state index in [0.717, 1.165) is 60.9 Å². The molecule has 0 atom stereocenters. The van der Waals surface area contributed by atoms with Gasteiger partial charge in [0.2, 0.25) is 0 Å². The highest BCUT2D eigenvalue weighted by atomic mass is 15.0. The lowest BCUT2D eigenvalue weighted by molar-refractivity contribution is 1.18. The molecule has 0 amide bonds. The van der Waals surface area contributed by atoms with E-state index in [1.807, 2.05) is 115 Å². The Morgan fingerprint density at radius 3 is 1.36 bits per heavy atom. The summed E-state index contributed by atoms with van der Waals surface area (Å²) in [6.45, 7) is 0. The maximum Gasteiger partial charge on any atom is 0.100 e. The van der Waals surface area contributed by atoms with Crippen LogP contribution in [0.25, 0.3) is 60.9 Å². The number of nitrogens with zero attached hydrogens (tertiary/aromatic N) is 5. The highest BCUT2D eigenvalue weighted by Crippen LogP contribution is 2.39. The molecule has 206 valence electrons. The normalized spacial score (nSPS) is 10.6. The van der Waals surface area contributed by atoms with Crippen molar-refractivity contribution in [3.8, 4) is 63.3 Å². The van der Waals surface area contributed by atoms with Crippen LogP contribution < -0.4 is 0 Å². The zero-order chi connectivity index (χ0) is 30.9. The summed E-state index contributed by atoms with van der Waals surface area (Å²) >= 11 is 0. The van der Waals surface area contributed by atoms with Gasteiger partial charge < -0.3 is 4.57 Å². The molecule has 0 N–H and O–H groups in total. The Balaban J connectivity index is 1.53. The molecule has 0 aliphatic carbocycles. The van der Waals surface area contributed by atoms with Gasteiger partial charge in [0, 0.05) is 27.6 Å². The van der Waals surface area contributed by atoms with Gasteiger partial charge in [-0.05, 0) is 89.0 Å². The van der Waals surface area contributed by atoms with E-state index in [4.69, 9.17) is 0 Å². The second-order valence-corrected chi connectivity index (χ2v) is 10.7. The lowest BCUT2D eigenvalue weighted by Crippen LogP contribution is -1.97. The van der Waals surface area contributed by atoms with E-state index in [1.165, 1.54) is 0 Å². The van der Waals surface area contributed by atoms with E-state index in [2.05, 4.69) is 28.8 Å². The van der Waals surface area contributed by atoms with Crippen molar-refractivity contribution in [2.45, 2.75) is 0 Å². The lowest BCUT2D eigenvalue weighted by Gasteiger charge is -2.16. The standard InChI is InChI=1S/C40H21N5/c41-22-26-11-13-39-36(17-26)37-18-27(23-42)12-14-40(37)45(39)33-16-28(24-43)15-31(19-33)32-20-34(29-7-3-1-4-8-29)38(25-44)35(21-32)30-9-5-2-6-10-30/h1-21H. The molecule has 7 aromatic rings. The topological polar surface area (TPSA) is 100 Å². The monoisotopic (exact) mass is 571 g/mol. The minimum atomic E-state index is 0.478. The Labute approximate surface area is 259 Å². The maximum atomic E-state index is 10.4. The molecule has 45 heavy (non-hydrogen) atoms. The van der Waals surface area contributed by atoms with Crippen LogP contribution in [-0.2, 0) is 0 Å². The molecule has 7 rings (SSSR count). The molecule has 5 heteroatoms. The lowest BCUT2D eigenvalue weighted by atomic mass is 9.88. The Bertz CT molecular complexity index is 2330. The van der Waals surface area contributed by atoms with E-state index >= 15 is 0 Å². The Kier molecular flexibility index (Phi) is 6.62. The van der Waals surface area contributed by atoms with Crippen molar-refractivity contribution in [1.29, 1.82) is 21.0 Å². The number of rotatable bonds is 4. The first-order valence-corrected chi connectivity index (χ1v) is 14.2. The van der Waals surface area contributed by atoms with Crippen molar-refractivity contribution in [2.75, 3.05) is 0 Å². The quantitative estimate of drug-likeness (QED) is 0.210. The first kappa shape index (κ1) is 26.9. The molecule has 1 heterocycles. The molecule has 0 aliphatic rings. The molecule has 0 fully saturated rings. The van der Waals surface area contributed by atoms with Crippen LogP contribution in [0.3, 0.4) is 0 Å².